The number of aryl methyl sites for hydroxylation is 4. The second-order valence-electron chi connectivity index (χ2n) is 14.4. The van der Waals surface area contributed by atoms with Crippen molar-refractivity contribution < 1.29 is 70.7 Å². The Labute approximate surface area is 456 Å². The van der Waals surface area contributed by atoms with E-state index in [-0.39, 0.29) is 0 Å². The first-order chi connectivity index (χ1) is 33.3. The molecule has 380 valence electrons. The van der Waals surface area contributed by atoms with Crippen molar-refractivity contribution >= 4 is 173 Å². The standard InChI is InChI=1S/C20H23ClN3.C20H23N3O3S2.2CH4O4S.2Na.O3S2/c1-22(15-14-21)17-11-8-16(9-12-17)10-13-20-23(2)18-6-4-5-7-19(18)24(20)3;1-21(14-15-27-28(24,25)26)17-11-8-16(9-12-17)10-13-20-22(2)18-6-4-5-7-19(18)23(20)3;2*1-6(3,4)5-2;;;1-4-5(2)3/h4-13H,14-15H2,1-3H3;4-13H,14-15H2,1-3H3;2*2H,1H3;;;/q+1;;;;;;/p-1. The minimum atomic E-state index is -3.98. The van der Waals surface area contributed by atoms with Gasteiger partial charge in [-0.25, -0.2) is 35.1 Å². The number of benzene rings is 4. The third kappa shape index (κ3) is 24.7. The molecule has 0 saturated carbocycles. The maximum absolute atomic E-state index is 10.8. The molecule has 4 aromatic carbocycles. The molecule has 0 spiro atoms. The van der Waals surface area contributed by atoms with E-state index in [0.29, 0.717) is 41.5 Å². The molecule has 29 heteroatoms. The summed E-state index contributed by atoms with van der Waals surface area (Å²) in [5, 5.41) is 17.7. The van der Waals surface area contributed by atoms with Crippen LogP contribution in [0.4, 0.5) is 11.4 Å². The molecule has 0 saturated heterocycles. The molecular weight excluding hydrogens is 1090 g/mol. The van der Waals surface area contributed by atoms with Crippen molar-refractivity contribution in [1.29, 1.82) is 0 Å². The van der Waals surface area contributed by atoms with Gasteiger partial charge in [-0.1, -0.05) is 48.5 Å². The summed E-state index contributed by atoms with van der Waals surface area (Å²) in [7, 11) is -1.51. The number of imidazole rings is 2. The van der Waals surface area contributed by atoms with Crippen molar-refractivity contribution in [2.75, 3.05) is 61.1 Å². The van der Waals surface area contributed by atoms with E-state index in [9.17, 15) is 25.3 Å². The molecule has 0 radical (unpaired) electrons. The zero-order valence-corrected chi connectivity index (χ0v) is 50.3. The van der Waals surface area contributed by atoms with Crippen LogP contribution in [0.2, 0.25) is 0 Å². The summed E-state index contributed by atoms with van der Waals surface area (Å²) >= 11 is 8.69. The van der Waals surface area contributed by atoms with E-state index < -0.39 is 48.9 Å². The van der Waals surface area contributed by atoms with Crippen molar-refractivity contribution in [3.8, 4) is 0 Å². The zero-order valence-electron chi connectivity index (χ0n) is 40.6. The Hall–Kier alpha value is -2.97. The molecular formula is C42H53ClN6Na2O14S6. The number of halogens is 1. The van der Waals surface area contributed by atoms with Crippen LogP contribution < -0.4 is 29.4 Å². The third-order valence-electron chi connectivity index (χ3n) is 9.48. The normalized spacial score (nSPS) is 11.2. The Morgan fingerprint density at radius 1 is 0.676 bits per heavy atom. The van der Waals surface area contributed by atoms with Crippen molar-refractivity contribution in [2.45, 2.75) is 0 Å². The predicted molar refractivity (Wildman–Crippen MR) is 281 cm³/mol. The van der Waals surface area contributed by atoms with Crippen LogP contribution in [0.5, 0.6) is 0 Å². The average molecular weight is 1140 g/mol. The summed E-state index contributed by atoms with van der Waals surface area (Å²) in [6, 6.07) is 33.3. The summed E-state index contributed by atoms with van der Waals surface area (Å²) in [4.78, 5) is 4.11. The van der Waals surface area contributed by atoms with Gasteiger partial charge >= 0.3 is 62.0 Å². The van der Waals surface area contributed by atoms with Gasteiger partial charge in [-0.15, -0.1) is 11.6 Å². The number of fused-ring (bicyclic) bond motifs is 2. The van der Waals surface area contributed by atoms with E-state index in [4.69, 9.17) is 39.3 Å². The van der Waals surface area contributed by atoms with Crippen molar-refractivity contribution in [1.82, 2.24) is 9.13 Å². The summed E-state index contributed by atoms with van der Waals surface area (Å²) in [6.45, 7) is 1.37. The Bertz CT molecular complexity index is 3090. The van der Waals surface area contributed by atoms with Gasteiger partial charge in [0.15, 0.2) is 22.1 Å². The molecule has 0 amide bonds. The van der Waals surface area contributed by atoms with Gasteiger partial charge in [0.2, 0.25) is 10.2 Å². The Kier molecular flexibility index (Phi) is 30.7. The molecule has 0 fully saturated rings. The molecule has 0 aliphatic carbocycles. The van der Waals surface area contributed by atoms with Crippen LogP contribution in [0.3, 0.4) is 0 Å². The summed E-state index contributed by atoms with van der Waals surface area (Å²) in [5.41, 5.74) is 9.27. The van der Waals surface area contributed by atoms with E-state index >= 15 is 0 Å². The first-order valence-electron chi connectivity index (χ1n) is 20.7. The van der Waals surface area contributed by atoms with Gasteiger partial charge in [-0.2, -0.15) is 21.0 Å². The number of alkyl halides is 1. The summed E-state index contributed by atoms with van der Waals surface area (Å²) < 4.78 is 109. The minimum absolute atomic E-state index is 0.300. The second kappa shape index (κ2) is 33.1. The van der Waals surface area contributed by atoms with Gasteiger partial charge in [0.1, 0.15) is 0 Å². The SMILES string of the molecule is CN(CCCl)c1ccc(/C=C/c2n(C)c3ccccc3[n+]2C)cc1.CN(CCSS(=O)(=O)O)c1ccc(/C=C/c2n(C)c3ccccc3[n+]2C)cc1.CS(=O)(=O)O[O-].CS(=O)(=O)O[O-].O=S=S(=O)=O.[Na][Na]. The van der Waals surface area contributed by atoms with Crippen molar-refractivity contribution in [3.63, 3.8) is 0 Å². The topological polar surface area (TPSA) is 263 Å². The molecule has 0 aliphatic rings. The van der Waals surface area contributed by atoms with Crippen LogP contribution in [0.1, 0.15) is 22.8 Å². The fraction of sp³-hybridized carbons (Fsp3) is 0.286. The Morgan fingerprint density at radius 3 is 1.28 bits per heavy atom. The fourth-order valence-electron chi connectivity index (χ4n) is 6.14. The molecule has 0 unspecified atom stereocenters. The molecule has 2 aromatic heterocycles. The van der Waals surface area contributed by atoms with Gasteiger partial charge in [0, 0.05) is 62.3 Å². The van der Waals surface area contributed by atoms with Gasteiger partial charge in [-0.3, -0.25) is 4.55 Å². The molecule has 6 aromatic rings. The number of anilines is 2. The average Bonchev–Trinajstić information content (AvgIpc) is 3.73. The van der Waals surface area contributed by atoms with Crippen LogP contribution in [-0.2, 0) is 85.7 Å². The molecule has 0 bridgehead atoms. The number of nitrogens with zero attached hydrogens (tertiary/aromatic N) is 6. The quantitative estimate of drug-likeness (QED) is 0.0310. The Morgan fingerprint density at radius 2 is 1.00 bits per heavy atom. The fourth-order valence-corrected chi connectivity index (χ4v) is 7.81. The van der Waals surface area contributed by atoms with Crippen LogP contribution in [0.25, 0.3) is 46.4 Å². The first-order valence-corrected chi connectivity index (χ1v) is 38.2. The van der Waals surface area contributed by atoms with Crippen LogP contribution in [0, 0.1) is 0 Å². The first kappa shape index (κ1) is 66.0. The van der Waals surface area contributed by atoms with Gasteiger partial charge < -0.3 is 29.0 Å². The second-order valence-corrected chi connectivity index (χ2v) is 23.1. The number of hydrogen-bond donors (Lipinski definition) is 1. The molecule has 71 heavy (non-hydrogen) atoms. The van der Waals surface area contributed by atoms with Crippen molar-refractivity contribution in [2.24, 2.45) is 28.2 Å². The third-order valence-corrected chi connectivity index (χ3v) is 12.6. The van der Waals surface area contributed by atoms with E-state index in [1.165, 1.54) is 82.8 Å². The molecule has 2 heterocycles. The van der Waals surface area contributed by atoms with Crippen molar-refractivity contribution in [3.05, 3.63) is 120 Å². The van der Waals surface area contributed by atoms with E-state index in [0.717, 1.165) is 23.6 Å². The van der Waals surface area contributed by atoms with Gasteiger partial charge in [0.25, 0.3) is 31.9 Å². The summed E-state index contributed by atoms with van der Waals surface area (Å²) in [6.07, 6.45) is 9.85. The molecule has 0 atom stereocenters. The van der Waals surface area contributed by atoms with E-state index in [1.54, 1.807) is 0 Å². The summed E-state index contributed by atoms with van der Waals surface area (Å²) in [5.74, 6) is 3.20. The Balaban J connectivity index is 0.000000525. The number of rotatable bonds is 14. The van der Waals surface area contributed by atoms with E-state index in [2.05, 4.69) is 152 Å². The van der Waals surface area contributed by atoms with Crippen LogP contribution in [0.15, 0.2) is 97.1 Å². The molecule has 20 nitrogen and oxygen atoms in total. The molecule has 6 rings (SSSR count). The predicted octanol–water partition coefficient (Wildman–Crippen LogP) is 1.70. The number of para-hydroxylation sites is 4. The number of aromatic nitrogens is 4. The van der Waals surface area contributed by atoms with Crippen LogP contribution >= 0.6 is 22.4 Å². The van der Waals surface area contributed by atoms with Gasteiger partial charge in [-0.05, 0) is 82.6 Å². The van der Waals surface area contributed by atoms with Gasteiger partial charge in [0.05, 0.1) is 40.7 Å². The maximum atomic E-state index is 10.8. The number of hydrogen-bond acceptors (Lipinski definition) is 16. The van der Waals surface area contributed by atoms with E-state index in [1.807, 2.05) is 48.3 Å². The molecule has 0 aliphatic heterocycles. The molecule has 1 N–H and O–H groups in total. The zero-order chi connectivity index (χ0) is 54.1. The van der Waals surface area contributed by atoms with Crippen LogP contribution in [-0.4, -0.2) is 147 Å². The monoisotopic (exact) mass is 1140 g/mol.